The Morgan fingerprint density at radius 1 is 1.38 bits per heavy atom. The molecule has 1 aromatic carbocycles. The number of hydrogen-bond donors (Lipinski definition) is 0. The van der Waals surface area contributed by atoms with E-state index < -0.39 is 10.7 Å². The predicted molar refractivity (Wildman–Crippen MR) is 54.9 cm³/mol. The van der Waals surface area contributed by atoms with Gasteiger partial charge in [0, 0.05) is 17.5 Å². The standard InChI is InChI=1S/C10H7FN2O3/c1-16-9-5-2-6-7(11)3-4-8(13(14)15)10(6)12-9/h2-5H,1H3. The molecule has 16 heavy (non-hydrogen) atoms. The fraction of sp³-hybridized carbons (Fsp3) is 0.100. The number of nitro groups is 1. The van der Waals surface area contributed by atoms with Gasteiger partial charge >= 0.3 is 0 Å². The number of halogens is 1. The fourth-order valence-electron chi connectivity index (χ4n) is 1.41. The van der Waals surface area contributed by atoms with E-state index in [2.05, 4.69) is 4.98 Å². The van der Waals surface area contributed by atoms with Crippen LogP contribution < -0.4 is 4.74 Å². The zero-order valence-electron chi connectivity index (χ0n) is 8.31. The predicted octanol–water partition coefficient (Wildman–Crippen LogP) is 2.29. The SMILES string of the molecule is COc1ccc2c(F)ccc([N+](=O)[O-])c2n1. The molecule has 0 aliphatic carbocycles. The van der Waals surface area contributed by atoms with Crippen molar-refractivity contribution in [2.45, 2.75) is 0 Å². The molecule has 0 aliphatic rings. The van der Waals surface area contributed by atoms with E-state index >= 15 is 0 Å². The van der Waals surface area contributed by atoms with Crippen LogP contribution in [0, 0.1) is 15.9 Å². The number of ether oxygens (including phenoxy) is 1. The number of rotatable bonds is 2. The number of nitro benzene ring substituents is 1. The number of nitrogens with zero attached hydrogens (tertiary/aromatic N) is 2. The van der Waals surface area contributed by atoms with Crippen LogP contribution in [0.4, 0.5) is 10.1 Å². The molecule has 1 aromatic heterocycles. The highest BCUT2D eigenvalue weighted by Gasteiger charge is 2.16. The van der Waals surface area contributed by atoms with Gasteiger partial charge < -0.3 is 4.74 Å². The molecule has 0 fully saturated rings. The number of aromatic nitrogens is 1. The summed E-state index contributed by atoms with van der Waals surface area (Å²) in [5, 5.41) is 10.8. The van der Waals surface area contributed by atoms with Crippen molar-refractivity contribution in [2.24, 2.45) is 0 Å². The minimum absolute atomic E-state index is 0.00986. The van der Waals surface area contributed by atoms with Crippen molar-refractivity contribution in [1.82, 2.24) is 4.98 Å². The maximum absolute atomic E-state index is 13.4. The second-order valence-corrected chi connectivity index (χ2v) is 3.07. The van der Waals surface area contributed by atoms with Crippen molar-refractivity contribution in [2.75, 3.05) is 7.11 Å². The van der Waals surface area contributed by atoms with Crippen molar-refractivity contribution in [3.05, 3.63) is 40.2 Å². The third kappa shape index (κ3) is 1.54. The van der Waals surface area contributed by atoms with Gasteiger partial charge in [0.25, 0.3) is 5.69 Å². The number of hydrogen-bond acceptors (Lipinski definition) is 4. The third-order valence-electron chi connectivity index (χ3n) is 2.16. The first-order valence-electron chi connectivity index (χ1n) is 4.41. The molecule has 0 amide bonds. The van der Waals surface area contributed by atoms with Crippen LogP contribution in [0.2, 0.25) is 0 Å². The Morgan fingerprint density at radius 2 is 2.12 bits per heavy atom. The maximum Gasteiger partial charge on any atom is 0.295 e. The van der Waals surface area contributed by atoms with Crippen molar-refractivity contribution in [3.63, 3.8) is 0 Å². The van der Waals surface area contributed by atoms with Gasteiger partial charge in [-0.05, 0) is 12.1 Å². The number of fused-ring (bicyclic) bond motifs is 1. The lowest BCUT2D eigenvalue weighted by molar-refractivity contribution is -0.383. The molecule has 0 atom stereocenters. The van der Waals surface area contributed by atoms with Crippen LogP contribution in [0.5, 0.6) is 5.88 Å². The van der Waals surface area contributed by atoms with Gasteiger partial charge in [-0.2, -0.15) is 0 Å². The summed E-state index contributed by atoms with van der Waals surface area (Å²) in [6.07, 6.45) is 0. The zero-order chi connectivity index (χ0) is 11.7. The lowest BCUT2D eigenvalue weighted by Crippen LogP contribution is -1.95. The molecule has 0 bridgehead atoms. The first kappa shape index (κ1) is 10.3. The summed E-state index contributed by atoms with van der Waals surface area (Å²) in [6.45, 7) is 0. The second kappa shape index (κ2) is 3.73. The van der Waals surface area contributed by atoms with E-state index in [1.165, 1.54) is 19.2 Å². The van der Waals surface area contributed by atoms with E-state index in [0.717, 1.165) is 12.1 Å². The molecule has 0 saturated carbocycles. The van der Waals surface area contributed by atoms with Gasteiger partial charge in [0.2, 0.25) is 5.88 Å². The highest BCUT2D eigenvalue weighted by atomic mass is 19.1. The Balaban J connectivity index is 2.83. The molecule has 0 radical (unpaired) electrons. The summed E-state index contributed by atoms with van der Waals surface area (Å²) in [6, 6.07) is 5.00. The number of benzene rings is 1. The van der Waals surface area contributed by atoms with E-state index in [0.29, 0.717) is 0 Å². The van der Waals surface area contributed by atoms with E-state index in [1.54, 1.807) is 0 Å². The molecule has 0 aliphatic heterocycles. The Hall–Kier alpha value is -2.24. The highest BCUT2D eigenvalue weighted by Crippen LogP contribution is 2.27. The Morgan fingerprint density at radius 3 is 2.75 bits per heavy atom. The number of pyridine rings is 1. The Bertz CT molecular complexity index is 571. The van der Waals surface area contributed by atoms with Crippen LogP contribution in [-0.2, 0) is 0 Å². The minimum Gasteiger partial charge on any atom is -0.481 e. The second-order valence-electron chi connectivity index (χ2n) is 3.07. The van der Waals surface area contributed by atoms with Gasteiger partial charge in [0.05, 0.1) is 12.0 Å². The highest BCUT2D eigenvalue weighted by molar-refractivity contribution is 5.87. The van der Waals surface area contributed by atoms with Crippen LogP contribution in [-0.4, -0.2) is 17.0 Å². The van der Waals surface area contributed by atoms with Gasteiger partial charge in [0.1, 0.15) is 5.82 Å². The molecule has 6 heteroatoms. The topological polar surface area (TPSA) is 65.3 Å². The van der Waals surface area contributed by atoms with Gasteiger partial charge in [-0.1, -0.05) is 0 Å². The van der Waals surface area contributed by atoms with Crippen LogP contribution in [0.3, 0.4) is 0 Å². The molecule has 0 saturated heterocycles. The smallest absolute Gasteiger partial charge is 0.295 e. The van der Waals surface area contributed by atoms with Gasteiger partial charge in [0.15, 0.2) is 5.52 Å². The summed E-state index contributed by atoms with van der Waals surface area (Å²) in [7, 11) is 1.39. The molecular weight excluding hydrogens is 215 g/mol. The largest absolute Gasteiger partial charge is 0.481 e. The average Bonchev–Trinajstić information content (AvgIpc) is 2.28. The molecular formula is C10H7FN2O3. The van der Waals surface area contributed by atoms with E-state index in [9.17, 15) is 14.5 Å². The molecule has 1 heterocycles. The quantitative estimate of drug-likeness (QED) is 0.577. The summed E-state index contributed by atoms with van der Waals surface area (Å²) in [5.41, 5.74) is -0.250. The number of non-ortho nitro benzene ring substituents is 1. The molecule has 0 spiro atoms. The van der Waals surface area contributed by atoms with Crippen molar-refractivity contribution >= 4 is 16.6 Å². The van der Waals surface area contributed by atoms with E-state index in [4.69, 9.17) is 4.74 Å². The maximum atomic E-state index is 13.4. The van der Waals surface area contributed by atoms with Crippen molar-refractivity contribution < 1.29 is 14.1 Å². The Kier molecular flexibility index (Phi) is 2.40. The molecule has 5 nitrogen and oxygen atoms in total. The summed E-state index contributed by atoms with van der Waals surface area (Å²) in [4.78, 5) is 14.0. The first-order valence-corrected chi connectivity index (χ1v) is 4.41. The summed E-state index contributed by atoms with van der Waals surface area (Å²) < 4.78 is 18.2. The van der Waals surface area contributed by atoms with Crippen LogP contribution >= 0.6 is 0 Å². The first-order chi connectivity index (χ1) is 7.63. The van der Waals surface area contributed by atoms with Crippen molar-refractivity contribution in [1.29, 1.82) is 0 Å². The van der Waals surface area contributed by atoms with Crippen LogP contribution in [0.25, 0.3) is 10.9 Å². The zero-order valence-corrected chi connectivity index (χ0v) is 8.31. The average molecular weight is 222 g/mol. The number of methoxy groups -OCH3 is 1. The van der Waals surface area contributed by atoms with Crippen LogP contribution in [0.1, 0.15) is 0 Å². The molecule has 82 valence electrons. The lowest BCUT2D eigenvalue weighted by atomic mass is 10.2. The molecule has 2 rings (SSSR count). The van der Waals surface area contributed by atoms with Crippen molar-refractivity contribution in [3.8, 4) is 5.88 Å². The van der Waals surface area contributed by atoms with E-state index in [-0.39, 0.29) is 22.5 Å². The fourth-order valence-corrected chi connectivity index (χ4v) is 1.41. The lowest BCUT2D eigenvalue weighted by Gasteiger charge is -2.02. The third-order valence-corrected chi connectivity index (χ3v) is 2.16. The van der Waals surface area contributed by atoms with Gasteiger partial charge in [-0.3, -0.25) is 10.1 Å². The molecule has 2 aromatic rings. The van der Waals surface area contributed by atoms with Gasteiger partial charge in [-0.15, -0.1) is 0 Å². The normalized spacial score (nSPS) is 10.4. The monoisotopic (exact) mass is 222 g/mol. The summed E-state index contributed by atoms with van der Waals surface area (Å²) in [5.74, 6) is -0.336. The van der Waals surface area contributed by atoms with Crippen LogP contribution in [0.15, 0.2) is 24.3 Å². The summed E-state index contributed by atoms with van der Waals surface area (Å²) >= 11 is 0. The Labute approximate surface area is 89.6 Å². The molecule has 0 unspecified atom stereocenters. The van der Waals surface area contributed by atoms with E-state index in [1.807, 2.05) is 0 Å². The molecule has 0 N–H and O–H groups in total. The minimum atomic E-state index is -0.603. The van der Waals surface area contributed by atoms with Gasteiger partial charge in [-0.25, -0.2) is 9.37 Å².